The smallest absolute Gasteiger partial charge is 0.306 e. The van der Waals surface area contributed by atoms with Gasteiger partial charge in [0.05, 0.1) is 30.0 Å². The lowest BCUT2D eigenvalue weighted by atomic mass is 9.81. The predicted octanol–water partition coefficient (Wildman–Crippen LogP) is -0.139. The lowest BCUT2D eigenvalue weighted by molar-refractivity contribution is -0.154. The van der Waals surface area contributed by atoms with Crippen LogP contribution in [0.5, 0.6) is 0 Å². The molecule has 0 spiro atoms. The number of carboxylic acid groups (broad SMARTS) is 1. The molecule has 4 aliphatic heterocycles. The number of amides is 3. The molecular weight excluding hydrogens is 328 g/mol. The van der Waals surface area contributed by atoms with Crippen molar-refractivity contribution in [2.24, 2.45) is 17.8 Å². The van der Waals surface area contributed by atoms with E-state index in [0.29, 0.717) is 25.9 Å². The third-order valence-electron chi connectivity index (χ3n) is 6.22. The molecule has 4 saturated heterocycles. The molecule has 8 heteroatoms. The van der Waals surface area contributed by atoms with E-state index in [1.807, 2.05) is 0 Å². The first-order valence-corrected chi connectivity index (χ1v) is 8.94. The summed E-state index contributed by atoms with van der Waals surface area (Å²) in [7, 11) is 0. The molecular formula is C17H22N2O6. The highest BCUT2D eigenvalue weighted by Gasteiger charge is 2.63. The zero-order chi connectivity index (χ0) is 17.9. The molecule has 25 heavy (non-hydrogen) atoms. The van der Waals surface area contributed by atoms with Gasteiger partial charge in [0.25, 0.3) is 0 Å². The largest absolute Gasteiger partial charge is 0.481 e. The van der Waals surface area contributed by atoms with Gasteiger partial charge in [0.1, 0.15) is 6.04 Å². The third kappa shape index (κ3) is 2.38. The number of carbonyl (C=O) groups excluding carboxylic acids is 3. The number of fused-ring (bicyclic) bond motifs is 5. The zero-order valence-electron chi connectivity index (χ0n) is 14.1. The zero-order valence-corrected chi connectivity index (χ0v) is 14.1. The lowest BCUT2D eigenvalue weighted by Gasteiger charge is -2.34. The van der Waals surface area contributed by atoms with Gasteiger partial charge in [0.2, 0.25) is 17.7 Å². The molecule has 8 nitrogen and oxygen atoms in total. The van der Waals surface area contributed by atoms with Crippen molar-refractivity contribution in [3.05, 3.63) is 0 Å². The van der Waals surface area contributed by atoms with E-state index in [1.165, 1.54) is 0 Å². The number of nitrogens with zero attached hydrogens (tertiary/aromatic N) is 2. The van der Waals surface area contributed by atoms with Gasteiger partial charge >= 0.3 is 5.97 Å². The lowest BCUT2D eigenvalue weighted by Crippen LogP contribution is -2.52. The molecule has 4 fully saturated rings. The predicted molar refractivity (Wildman–Crippen MR) is 83.1 cm³/mol. The summed E-state index contributed by atoms with van der Waals surface area (Å²) in [5, 5.41) is 9.05. The van der Waals surface area contributed by atoms with Gasteiger partial charge in [0, 0.05) is 13.1 Å². The monoisotopic (exact) mass is 350 g/mol. The number of aliphatic carboxylic acids is 1. The number of piperidine rings is 1. The van der Waals surface area contributed by atoms with E-state index in [0.717, 1.165) is 17.7 Å². The fraction of sp³-hybridized carbons (Fsp3) is 0.765. The van der Waals surface area contributed by atoms with Crippen LogP contribution in [0.15, 0.2) is 0 Å². The molecule has 0 saturated carbocycles. The van der Waals surface area contributed by atoms with Crippen LogP contribution in [-0.2, 0) is 23.9 Å². The van der Waals surface area contributed by atoms with Crippen molar-refractivity contribution in [1.29, 1.82) is 0 Å². The van der Waals surface area contributed by atoms with Crippen molar-refractivity contribution in [1.82, 2.24) is 9.80 Å². The maximum absolute atomic E-state index is 12.8. The summed E-state index contributed by atoms with van der Waals surface area (Å²) >= 11 is 0. The number of carboxylic acids is 1. The fourth-order valence-corrected chi connectivity index (χ4v) is 4.84. The highest BCUT2D eigenvalue weighted by atomic mass is 16.5. The average Bonchev–Trinajstić information content (AvgIpc) is 3.28. The number of likely N-dealkylation sites (tertiary alicyclic amines) is 2. The second-order valence-electron chi connectivity index (χ2n) is 7.50. The minimum absolute atomic E-state index is 0.190. The minimum Gasteiger partial charge on any atom is -0.481 e. The maximum atomic E-state index is 12.8. The Labute approximate surface area is 145 Å². The van der Waals surface area contributed by atoms with Gasteiger partial charge in [0.15, 0.2) is 0 Å². The molecule has 4 aliphatic rings. The van der Waals surface area contributed by atoms with E-state index < -0.39 is 29.8 Å². The number of imide groups is 1. The van der Waals surface area contributed by atoms with E-state index in [-0.39, 0.29) is 29.9 Å². The van der Waals surface area contributed by atoms with Gasteiger partial charge in [-0.15, -0.1) is 0 Å². The number of carbonyl (C=O) groups is 4. The summed E-state index contributed by atoms with van der Waals surface area (Å²) in [6.07, 6.45) is 2.01. The Balaban J connectivity index is 1.45. The molecule has 5 atom stereocenters. The van der Waals surface area contributed by atoms with Crippen LogP contribution in [0, 0.1) is 17.8 Å². The highest BCUT2D eigenvalue weighted by molar-refractivity contribution is 6.09. The Morgan fingerprint density at radius 1 is 1.04 bits per heavy atom. The quantitative estimate of drug-likeness (QED) is 0.711. The van der Waals surface area contributed by atoms with Crippen molar-refractivity contribution in [3.63, 3.8) is 0 Å². The molecule has 0 aliphatic carbocycles. The van der Waals surface area contributed by atoms with E-state index in [1.54, 1.807) is 11.8 Å². The van der Waals surface area contributed by atoms with Crippen LogP contribution in [0.1, 0.15) is 32.6 Å². The average molecular weight is 350 g/mol. The third-order valence-corrected chi connectivity index (χ3v) is 6.22. The van der Waals surface area contributed by atoms with E-state index in [2.05, 4.69) is 0 Å². The van der Waals surface area contributed by atoms with Crippen LogP contribution in [0.2, 0.25) is 0 Å². The SMILES string of the molecule is CC(C(=O)N1CCC(C(=O)O)CC1)N1C(=O)C2C3CCC(O3)C2C1=O. The van der Waals surface area contributed by atoms with Crippen molar-refractivity contribution in [2.45, 2.75) is 50.9 Å². The van der Waals surface area contributed by atoms with Gasteiger partial charge < -0.3 is 14.7 Å². The minimum atomic E-state index is -0.841. The van der Waals surface area contributed by atoms with Crippen LogP contribution in [0.3, 0.4) is 0 Å². The van der Waals surface area contributed by atoms with Crippen LogP contribution < -0.4 is 0 Å². The summed E-state index contributed by atoms with van der Waals surface area (Å²) in [5.41, 5.74) is 0. The molecule has 136 valence electrons. The molecule has 0 aromatic heterocycles. The molecule has 0 aromatic carbocycles. The molecule has 0 radical (unpaired) electrons. The second kappa shape index (κ2) is 5.79. The van der Waals surface area contributed by atoms with Crippen LogP contribution >= 0.6 is 0 Å². The summed E-state index contributed by atoms with van der Waals surface area (Å²) in [6, 6.07) is -0.841. The highest BCUT2D eigenvalue weighted by Crippen LogP contribution is 2.48. The van der Waals surface area contributed by atoms with Crippen molar-refractivity contribution >= 4 is 23.7 Å². The number of hydrogen-bond acceptors (Lipinski definition) is 5. The molecule has 2 bridgehead atoms. The molecule has 4 rings (SSSR count). The first-order valence-electron chi connectivity index (χ1n) is 8.94. The van der Waals surface area contributed by atoms with Gasteiger partial charge in [-0.25, -0.2) is 0 Å². The molecule has 5 unspecified atom stereocenters. The van der Waals surface area contributed by atoms with Crippen molar-refractivity contribution in [2.75, 3.05) is 13.1 Å². The Morgan fingerprint density at radius 2 is 1.56 bits per heavy atom. The van der Waals surface area contributed by atoms with Crippen molar-refractivity contribution < 1.29 is 29.0 Å². The Bertz CT molecular complexity index is 613. The topological polar surface area (TPSA) is 104 Å². The van der Waals surface area contributed by atoms with Gasteiger partial charge in [-0.2, -0.15) is 0 Å². The van der Waals surface area contributed by atoms with Crippen molar-refractivity contribution in [3.8, 4) is 0 Å². The fourth-order valence-electron chi connectivity index (χ4n) is 4.84. The number of rotatable bonds is 3. The number of ether oxygens (including phenoxy) is 1. The Hall–Kier alpha value is -1.96. The van der Waals surface area contributed by atoms with E-state index in [9.17, 15) is 19.2 Å². The Morgan fingerprint density at radius 3 is 2.04 bits per heavy atom. The Kier molecular flexibility index (Phi) is 3.82. The second-order valence-corrected chi connectivity index (χ2v) is 7.50. The number of hydrogen-bond donors (Lipinski definition) is 1. The first kappa shape index (κ1) is 16.5. The van der Waals surface area contributed by atoms with Gasteiger partial charge in [-0.3, -0.25) is 24.1 Å². The standard InChI is InChI=1S/C17H22N2O6/c1-8(14(20)18-6-4-9(5-7-18)17(23)24)19-15(21)12-10-2-3-11(25-10)13(12)16(19)22/h8-13H,2-7H2,1H3,(H,23,24). The molecule has 1 N–H and O–H groups in total. The maximum Gasteiger partial charge on any atom is 0.306 e. The van der Waals surface area contributed by atoms with Crippen LogP contribution in [-0.4, -0.2) is 69.9 Å². The normalized spacial score (nSPS) is 36.0. The van der Waals surface area contributed by atoms with Crippen LogP contribution in [0.4, 0.5) is 0 Å². The summed E-state index contributed by atoms with van der Waals surface area (Å²) in [6.45, 7) is 2.28. The summed E-state index contributed by atoms with van der Waals surface area (Å²) < 4.78 is 5.70. The van der Waals surface area contributed by atoms with Crippen LogP contribution in [0.25, 0.3) is 0 Å². The molecule has 0 aromatic rings. The van der Waals surface area contributed by atoms with Gasteiger partial charge in [-0.05, 0) is 32.6 Å². The van der Waals surface area contributed by atoms with Gasteiger partial charge in [-0.1, -0.05) is 0 Å². The summed E-state index contributed by atoms with van der Waals surface area (Å²) in [4.78, 5) is 52.0. The molecule has 3 amide bonds. The first-order chi connectivity index (χ1) is 11.9. The molecule has 4 heterocycles. The summed E-state index contributed by atoms with van der Waals surface area (Å²) in [5.74, 6) is -2.99. The van der Waals surface area contributed by atoms with E-state index >= 15 is 0 Å². The van der Waals surface area contributed by atoms with E-state index in [4.69, 9.17) is 9.84 Å².